The smallest absolute Gasteiger partial charge is 0.200 e. The molecule has 4 fully saturated rings. The molecule has 4 atom stereocenters. The molecule has 3 aromatic carbocycles. The molecule has 7 rings (SSSR count). The van der Waals surface area contributed by atoms with E-state index < -0.39 is 46.8 Å². The van der Waals surface area contributed by atoms with Crippen LogP contribution in [0, 0.1) is 43.4 Å². The third-order valence-electron chi connectivity index (χ3n) is 12.6. The lowest BCUT2D eigenvalue weighted by atomic mass is 9.59. The number of nitrogens with one attached hydrogen (secondary N) is 3. The summed E-state index contributed by atoms with van der Waals surface area (Å²) in [6, 6.07) is 19.7. The molecule has 0 amide bonds. The number of aryl methyl sites for hydroxylation is 3. The molecule has 3 N–H and O–H groups in total. The Hall–Kier alpha value is -4.08. The topological polar surface area (TPSA) is 176 Å². The molecule has 1 spiro atoms. The van der Waals surface area contributed by atoms with Crippen molar-refractivity contribution in [1.29, 1.82) is 0 Å². The van der Waals surface area contributed by atoms with E-state index in [1.807, 2.05) is 20.8 Å². The number of nitrogens with zero attached hydrogens (tertiary/aromatic N) is 3. The van der Waals surface area contributed by atoms with Crippen molar-refractivity contribution in [2.75, 3.05) is 0 Å². The summed E-state index contributed by atoms with van der Waals surface area (Å²) in [6.07, 6.45) is 11.3. The molecule has 4 aliphatic rings. The zero-order valence-electron chi connectivity index (χ0n) is 32.3. The van der Waals surface area contributed by atoms with Gasteiger partial charge in [-0.1, -0.05) is 104 Å². The van der Waals surface area contributed by atoms with Crippen LogP contribution in [0.1, 0.15) is 100 Å². The molecule has 12 nitrogen and oxygen atoms in total. The Morgan fingerprint density at radius 1 is 0.482 bits per heavy atom. The molecule has 300 valence electrons. The first-order chi connectivity index (χ1) is 26.7. The van der Waals surface area contributed by atoms with Gasteiger partial charge in [0, 0.05) is 29.0 Å². The molecule has 0 saturated heterocycles. The van der Waals surface area contributed by atoms with E-state index in [0.29, 0.717) is 36.4 Å². The maximum atomic E-state index is 13.6. The van der Waals surface area contributed by atoms with Crippen molar-refractivity contribution in [1.82, 2.24) is 14.5 Å². The number of hydrogen-bond acceptors (Lipinski definition) is 9. The summed E-state index contributed by atoms with van der Waals surface area (Å²) >= 11 is 0. The Bertz CT molecular complexity index is 2360. The van der Waals surface area contributed by atoms with E-state index in [1.165, 1.54) is 25.0 Å². The molecule has 15 heteroatoms. The summed E-state index contributed by atoms with van der Waals surface area (Å²) < 4.78 is 81.5. The van der Waals surface area contributed by atoms with Gasteiger partial charge in [0.15, 0.2) is 0 Å². The molecule has 56 heavy (non-hydrogen) atoms. The minimum absolute atomic E-state index is 0.0723. The van der Waals surface area contributed by atoms with Crippen LogP contribution in [0.2, 0.25) is 0 Å². The van der Waals surface area contributed by atoms with Crippen LogP contribution in [-0.4, -0.2) is 42.4 Å². The summed E-state index contributed by atoms with van der Waals surface area (Å²) in [5, 5.41) is 14.1. The van der Waals surface area contributed by atoms with Crippen LogP contribution < -0.4 is 14.5 Å². The molecule has 0 radical (unpaired) electrons. The number of hydrogen-bond donors (Lipinski definition) is 3. The van der Waals surface area contributed by atoms with Gasteiger partial charge in [0.2, 0.25) is 0 Å². The van der Waals surface area contributed by atoms with Gasteiger partial charge in [-0.2, -0.15) is 40.6 Å². The minimum Gasteiger partial charge on any atom is -0.200 e. The van der Waals surface area contributed by atoms with Crippen LogP contribution in [-0.2, 0) is 30.1 Å². The standard InChI is InChI=1S/C41H52N6O6S3/c1-29-12-18-32(19-13-29)54(48,49)45-42-36-26-35-37(43-46-55(50,51)33-20-14-30(2)15-21-33)27-40-24-10-8-6-4-5-7-9-11-25-41(35,40)39(36)38(28-40)44-47-56(52,53)34-22-16-31(3)17-23-34/h12-23,35,39,45-47H,4-11,24-28H2,1-3H3/b42-36+,43-37+,44-38+/t35-,39+,40-,41+/m0/s1. The lowest BCUT2D eigenvalue weighted by Crippen LogP contribution is -2.40. The summed E-state index contributed by atoms with van der Waals surface area (Å²) in [5.74, 6) is -0.779. The predicted molar refractivity (Wildman–Crippen MR) is 219 cm³/mol. The Balaban J connectivity index is 1.34. The van der Waals surface area contributed by atoms with Crippen LogP contribution in [0.5, 0.6) is 0 Å². The fourth-order valence-electron chi connectivity index (χ4n) is 9.83. The van der Waals surface area contributed by atoms with Gasteiger partial charge in [-0.15, -0.1) is 0 Å². The lowest BCUT2D eigenvalue weighted by molar-refractivity contribution is 0.0428. The van der Waals surface area contributed by atoms with E-state index >= 15 is 0 Å². The van der Waals surface area contributed by atoms with Gasteiger partial charge in [-0.3, -0.25) is 0 Å². The van der Waals surface area contributed by atoms with E-state index in [0.717, 1.165) is 68.1 Å². The summed E-state index contributed by atoms with van der Waals surface area (Å²) in [5.41, 5.74) is 3.68. The zero-order chi connectivity index (χ0) is 39.8. The molecular weight excluding hydrogens is 769 g/mol. The highest BCUT2D eigenvalue weighted by atomic mass is 32.2. The van der Waals surface area contributed by atoms with Gasteiger partial charge in [-0.05, 0) is 100 Å². The van der Waals surface area contributed by atoms with Crippen molar-refractivity contribution in [2.24, 2.45) is 38.0 Å². The quantitative estimate of drug-likeness (QED) is 0.192. The minimum atomic E-state index is -4.05. The molecule has 3 aromatic rings. The van der Waals surface area contributed by atoms with Crippen LogP contribution in [0.15, 0.2) is 103 Å². The molecule has 0 aromatic heterocycles. The van der Waals surface area contributed by atoms with E-state index in [4.69, 9.17) is 10.2 Å². The lowest BCUT2D eigenvalue weighted by Gasteiger charge is -2.43. The van der Waals surface area contributed by atoms with Crippen LogP contribution in [0.4, 0.5) is 0 Å². The van der Waals surface area contributed by atoms with Crippen molar-refractivity contribution in [3.8, 4) is 0 Å². The zero-order valence-corrected chi connectivity index (χ0v) is 34.7. The highest BCUT2D eigenvalue weighted by molar-refractivity contribution is 7.90. The molecule has 0 heterocycles. The Morgan fingerprint density at radius 2 is 0.839 bits per heavy atom. The van der Waals surface area contributed by atoms with E-state index in [9.17, 15) is 25.3 Å². The third kappa shape index (κ3) is 7.78. The van der Waals surface area contributed by atoms with Gasteiger partial charge in [0.1, 0.15) is 0 Å². The number of benzene rings is 3. The molecular formula is C41H52N6O6S3. The van der Waals surface area contributed by atoms with E-state index in [1.54, 1.807) is 60.7 Å². The van der Waals surface area contributed by atoms with E-state index in [-0.39, 0.29) is 20.6 Å². The van der Waals surface area contributed by atoms with Gasteiger partial charge >= 0.3 is 0 Å². The Kier molecular flexibility index (Phi) is 11.2. The van der Waals surface area contributed by atoms with E-state index in [2.05, 4.69) is 19.6 Å². The number of sulfonamides is 3. The van der Waals surface area contributed by atoms with Gasteiger partial charge in [0.05, 0.1) is 14.7 Å². The van der Waals surface area contributed by atoms with Gasteiger partial charge in [-0.25, -0.2) is 14.5 Å². The second-order valence-electron chi connectivity index (χ2n) is 16.2. The first-order valence-electron chi connectivity index (χ1n) is 19.6. The maximum absolute atomic E-state index is 13.6. The summed E-state index contributed by atoms with van der Waals surface area (Å²) in [4.78, 5) is 7.86. The highest BCUT2D eigenvalue weighted by Gasteiger charge is 2.74. The Morgan fingerprint density at radius 3 is 1.29 bits per heavy atom. The Labute approximate surface area is 331 Å². The predicted octanol–water partition coefficient (Wildman–Crippen LogP) is 7.25. The fourth-order valence-corrected chi connectivity index (χ4v) is 12.3. The molecule has 0 unspecified atom stereocenters. The second kappa shape index (κ2) is 15.7. The monoisotopic (exact) mass is 820 g/mol. The van der Waals surface area contributed by atoms with Crippen molar-refractivity contribution in [3.05, 3.63) is 89.5 Å². The van der Waals surface area contributed by atoms with Gasteiger partial charge in [0.25, 0.3) is 30.1 Å². The largest absolute Gasteiger partial charge is 0.276 e. The van der Waals surface area contributed by atoms with Crippen molar-refractivity contribution in [2.45, 2.75) is 119 Å². The summed E-state index contributed by atoms with van der Waals surface area (Å²) in [6.45, 7) is 5.66. The van der Waals surface area contributed by atoms with Crippen molar-refractivity contribution >= 4 is 47.2 Å². The maximum Gasteiger partial charge on any atom is 0.276 e. The first-order valence-corrected chi connectivity index (χ1v) is 24.1. The molecule has 4 aliphatic carbocycles. The molecule has 0 bridgehead atoms. The van der Waals surface area contributed by atoms with Crippen molar-refractivity contribution in [3.63, 3.8) is 0 Å². The van der Waals surface area contributed by atoms with Crippen LogP contribution in [0.3, 0.4) is 0 Å². The normalized spacial score (nSPS) is 28.0. The third-order valence-corrected chi connectivity index (χ3v) is 16.2. The van der Waals surface area contributed by atoms with Crippen molar-refractivity contribution < 1.29 is 25.3 Å². The molecule has 4 saturated carbocycles. The van der Waals surface area contributed by atoms with Crippen LogP contribution in [0.25, 0.3) is 0 Å². The first kappa shape index (κ1) is 40.1. The average Bonchev–Trinajstić information content (AvgIpc) is 3.73. The number of hydrazone groups is 3. The summed E-state index contributed by atoms with van der Waals surface area (Å²) in [7, 11) is -12.1. The molecule has 0 aliphatic heterocycles. The fraction of sp³-hybridized carbons (Fsp3) is 0.488. The average molecular weight is 821 g/mol. The SMILES string of the molecule is Cc1ccc(S(=O)(=O)N/N=C2\C[C@H]3/C(=N/NS(=O)(=O)c4ccc(C)cc4)C[C@]45CCCCCCCCCC[C@]34[C@H]2/C(=N/NS(=O)(=O)c2ccc(C)cc2)C5)cc1. The van der Waals surface area contributed by atoms with Crippen LogP contribution >= 0.6 is 0 Å². The highest BCUT2D eigenvalue weighted by Crippen LogP contribution is 2.74. The van der Waals surface area contributed by atoms with Gasteiger partial charge < -0.3 is 0 Å². The number of rotatable bonds is 9. The second-order valence-corrected chi connectivity index (χ2v) is 21.2.